The fraction of sp³-hybridized carbons (Fsp3) is 0.333. The van der Waals surface area contributed by atoms with Crippen LogP contribution < -0.4 is 0 Å². The number of aryl methyl sites for hydroxylation is 2. The van der Waals surface area contributed by atoms with Crippen molar-refractivity contribution in [1.29, 1.82) is 0 Å². The van der Waals surface area contributed by atoms with Gasteiger partial charge in [-0.3, -0.25) is 0 Å². The first-order chi connectivity index (χ1) is 5.15. The van der Waals surface area contributed by atoms with E-state index in [1.165, 1.54) is 5.56 Å². The van der Waals surface area contributed by atoms with Crippen LogP contribution in [0.2, 0.25) is 5.02 Å². The van der Waals surface area contributed by atoms with Crippen LogP contribution in [0.4, 0.5) is 0 Å². The predicted octanol–water partition coefficient (Wildman–Crippen LogP) is 3.97. The van der Waals surface area contributed by atoms with Crippen molar-refractivity contribution in [1.82, 2.24) is 0 Å². The molecule has 0 saturated carbocycles. The Kier molecular flexibility index (Phi) is 2.97. The second-order valence-electron chi connectivity index (χ2n) is 2.55. The molecule has 60 valence electrons. The van der Waals surface area contributed by atoms with Gasteiger partial charge in [-0.05, 0) is 36.6 Å². The molecule has 1 aromatic carbocycles. The zero-order valence-corrected chi connectivity index (χ0v) is 8.96. The lowest BCUT2D eigenvalue weighted by molar-refractivity contribution is 1.13. The molecule has 0 unspecified atom stereocenters. The van der Waals surface area contributed by atoms with E-state index in [0.29, 0.717) is 0 Å². The Hall–Kier alpha value is -0.0100. The lowest BCUT2D eigenvalue weighted by Gasteiger charge is -2.04. The summed E-state index contributed by atoms with van der Waals surface area (Å²) in [6, 6.07) is 4.09. The van der Waals surface area contributed by atoms with Crippen molar-refractivity contribution >= 4 is 27.5 Å². The Balaban J connectivity index is 3.24. The zero-order valence-electron chi connectivity index (χ0n) is 6.62. The van der Waals surface area contributed by atoms with Crippen LogP contribution in [0.1, 0.15) is 18.1 Å². The van der Waals surface area contributed by atoms with Crippen molar-refractivity contribution in [2.24, 2.45) is 0 Å². The van der Waals surface area contributed by atoms with Crippen molar-refractivity contribution in [2.45, 2.75) is 20.3 Å². The van der Waals surface area contributed by atoms with E-state index in [1.54, 1.807) is 0 Å². The Morgan fingerprint density at radius 3 is 2.64 bits per heavy atom. The maximum Gasteiger partial charge on any atom is 0.0467 e. The lowest BCUT2D eigenvalue weighted by Crippen LogP contribution is -1.85. The maximum atomic E-state index is 6.04. The fourth-order valence-electron chi connectivity index (χ4n) is 1.05. The van der Waals surface area contributed by atoms with Crippen LogP contribution in [-0.4, -0.2) is 0 Å². The van der Waals surface area contributed by atoms with E-state index in [4.69, 9.17) is 11.6 Å². The van der Waals surface area contributed by atoms with Gasteiger partial charge in [-0.2, -0.15) is 0 Å². The molecule has 11 heavy (non-hydrogen) atoms. The first-order valence-electron chi connectivity index (χ1n) is 3.59. The minimum atomic E-state index is 0.899. The minimum absolute atomic E-state index is 0.899. The van der Waals surface area contributed by atoms with Crippen molar-refractivity contribution in [3.05, 3.63) is 32.8 Å². The second kappa shape index (κ2) is 3.59. The van der Waals surface area contributed by atoms with Gasteiger partial charge in [0.05, 0.1) is 0 Å². The Labute approximate surface area is 80.7 Å². The van der Waals surface area contributed by atoms with Gasteiger partial charge < -0.3 is 0 Å². The first kappa shape index (κ1) is 9.08. The van der Waals surface area contributed by atoms with Crippen molar-refractivity contribution < 1.29 is 0 Å². The summed E-state index contributed by atoms with van der Waals surface area (Å²) in [4.78, 5) is 0. The third-order valence-corrected chi connectivity index (χ3v) is 2.67. The SMILES string of the molecule is CCc1cc(Br)cc(C)c1Cl. The zero-order chi connectivity index (χ0) is 8.43. The standard InChI is InChI=1S/C9H10BrCl/c1-3-7-5-8(10)4-6(2)9(7)11/h4-5H,3H2,1-2H3. The molecular formula is C9H10BrCl. The third-order valence-electron chi connectivity index (χ3n) is 1.68. The fourth-order valence-corrected chi connectivity index (χ4v) is 1.91. The quantitative estimate of drug-likeness (QED) is 0.688. The van der Waals surface area contributed by atoms with Gasteiger partial charge in [0, 0.05) is 9.50 Å². The summed E-state index contributed by atoms with van der Waals surface area (Å²) in [5, 5.41) is 0.899. The summed E-state index contributed by atoms with van der Waals surface area (Å²) >= 11 is 9.47. The van der Waals surface area contributed by atoms with Crippen LogP contribution >= 0.6 is 27.5 Å². The monoisotopic (exact) mass is 232 g/mol. The van der Waals surface area contributed by atoms with Gasteiger partial charge in [-0.25, -0.2) is 0 Å². The van der Waals surface area contributed by atoms with E-state index in [2.05, 4.69) is 28.9 Å². The molecule has 2 heteroatoms. The summed E-state index contributed by atoms with van der Waals surface area (Å²) in [5.74, 6) is 0. The summed E-state index contributed by atoms with van der Waals surface area (Å²) in [6.45, 7) is 4.12. The molecule has 0 amide bonds. The van der Waals surface area contributed by atoms with E-state index in [1.807, 2.05) is 13.0 Å². The van der Waals surface area contributed by atoms with Crippen LogP contribution in [0.3, 0.4) is 0 Å². The van der Waals surface area contributed by atoms with Gasteiger partial charge in [0.2, 0.25) is 0 Å². The summed E-state index contributed by atoms with van der Waals surface area (Å²) in [6.07, 6.45) is 0.985. The highest BCUT2D eigenvalue weighted by Gasteiger charge is 2.02. The van der Waals surface area contributed by atoms with Gasteiger partial charge in [0.25, 0.3) is 0 Å². The molecule has 1 rings (SSSR count). The summed E-state index contributed by atoms with van der Waals surface area (Å²) < 4.78 is 1.11. The summed E-state index contributed by atoms with van der Waals surface area (Å²) in [5.41, 5.74) is 2.34. The smallest absolute Gasteiger partial charge is 0.0467 e. The molecule has 0 bridgehead atoms. The molecule has 0 aliphatic heterocycles. The van der Waals surface area contributed by atoms with E-state index >= 15 is 0 Å². The minimum Gasteiger partial charge on any atom is -0.0837 e. The van der Waals surface area contributed by atoms with Crippen LogP contribution in [0.5, 0.6) is 0 Å². The Morgan fingerprint density at radius 1 is 1.45 bits per heavy atom. The topological polar surface area (TPSA) is 0 Å². The van der Waals surface area contributed by atoms with Crippen LogP contribution in [0.25, 0.3) is 0 Å². The molecule has 0 N–H and O–H groups in total. The largest absolute Gasteiger partial charge is 0.0837 e. The van der Waals surface area contributed by atoms with Crippen LogP contribution in [0, 0.1) is 6.92 Å². The molecule has 0 aliphatic rings. The van der Waals surface area contributed by atoms with Crippen LogP contribution in [-0.2, 0) is 6.42 Å². The first-order valence-corrected chi connectivity index (χ1v) is 4.76. The average Bonchev–Trinajstić information content (AvgIpc) is 1.96. The highest BCUT2D eigenvalue weighted by molar-refractivity contribution is 9.10. The molecule has 0 nitrogen and oxygen atoms in total. The lowest BCUT2D eigenvalue weighted by atomic mass is 10.1. The van der Waals surface area contributed by atoms with Crippen molar-refractivity contribution in [3.63, 3.8) is 0 Å². The Bertz CT molecular complexity index is 269. The second-order valence-corrected chi connectivity index (χ2v) is 3.84. The molecule has 0 fully saturated rings. The van der Waals surface area contributed by atoms with E-state index in [0.717, 1.165) is 21.5 Å². The maximum absolute atomic E-state index is 6.04. The van der Waals surface area contributed by atoms with E-state index < -0.39 is 0 Å². The highest BCUT2D eigenvalue weighted by atomic mass is 79.9. The van der Waals surface area contributed by atoms with Crippen molar-refractivity contribution in [3.8, 4) is 0 Å². The van der Waals surface area contributed by atoms with Gasteiger partial charge in [-0.1, -0.05) is 34.5 Å². The molecule has 0 radical (unpaired) electrons. The molecule has 0 heterocycles. The van der Waals surface area contributed by atoms with Gasteiger partial charge >= 0.3 is 0 Å². The number of halogens is 2. The van der Waals surface area contributed by atoms with E-state index in [-0.39, 0.29) is 0 Å². The van der Waals surface area contributed by atoms with Crippen LogP contribution in [0.15, 0.2) is 16.6 Å². The number of rotatable bonds is 1. The Morgan fingerprint density at radius 2 is 2.09 bits per heavy atom. The normalized spacial score (nSPS) is 10.2. The molecule has 0 saturated heterocycles. The van der Waals surface area contributed by atoms with Gasteiger partial charge in [0.15, 0.2) is 0 Å². The molecular weight excluding hydrogens is 223 g/mol. The third kappa shape index (κ3) is 1.97. The predicted molar refractivity (Wildman–Crippen MR) is 53.3 cm³/mol. The number of hydrogen-bond donors (Lipinski definition) is 0. The number of hydrogen-bond acceptors (Lipinski definition) is 0. The molecule has 0 spiro atoms. The van der Waals surface area contributed by atoms with Gasteiger partial charge in [0.1, 0.15) is 0 Å². The molecule has 1 aromatic rings. The molecule has 0 aromatic heterocycles. The highest BCUT2D eigenvalue weighted by Crippen LogP contribution is 2.25. The van der Waals surface area contributed by atoms with Gasteiger partial charge in [-0.15, -0.1) is 0 Å². The van der Waals surface area contributed by atoms with E-state index in [9.17, 15) is 0 Å². The number of benzene rings is 1. The average molecular weight is 234 g/mol. The molecule has 0 atom stereocenters. The van der Waals surface area contributed by atoms with Crippen molar-refractivity contribution in [2.75, 3.05) is 0 Å². The summed E-state index contributed by atoms with van der Waals surface area (Å²) in [7, 11) is 0. The molecule has 0 aliphatic carbocycles.